The molecule has 25 heavy (non-hydrogen) atoms. The third kappa shape index (κ3) is 5.50. The lowest BCUT2D eigenvalue weighted by Crippen LogP contribution is -2.29. The Hall–Kier alpha value is -2.53. The number of anilines is 1. The number of amides is 1. The van der Waals surface area contributed by atoms with E-state index < -0.39 is 0 Å². The lowest BCUT2D eigenvalue weighted by molar-refractivity contribution is -0.115. The second kappa shape index (κ2) is 9.08. The van der Waals surface area contributed by atoms with Gasteiger partial charge in [0.05, 0.1) is 20.8 Å². The lowest BCUT2D eigenvalue weighted by atomic mass is 10.1. The highest BCUT2D eigenvalue weighted by atomic mass is 16.5. The summed E-state index contributed by atoms with van der Waals surface area (Å²) in [7, 11) is 3.24. The van der Waals surface area contributed by atoms with Crippen molar-refractivity contribution < 1.29 is 14.3 Å². The molecule has 0 heterocycles. The molecular formula is C20H26N2O3. The molecule has 0 saturated heterocycles. The van der Waals surface area contributed by atoms with Crippen molar-refractivity contribution in [3.8, 4) is 11.5 Å². The van der Waals surface area contributed by atoms with Crippen LogP contribution in [0.3, 0.4) is 0 Å². The van der Waals surface area contributed by atoms with Crippen LogP contribution in [-0.4, -0.2) is 33.2 Å². The summed E-state index contributed by atoms with van der Waals surface area (Å²) in [4.78, 5) is 12.0. The molecule has 0 radical (unpaired) electrons. The highest BCUT2D eigenvalue weighted by Gasteiger charge is 2.06. The van der Waals surface area contributed by atoms with Gasteiger partial charge in [-0.3, -0.25) is 4.79 Å². The second-order valence-corrected chi connectivity index (χ2v) is 5.96. The molecule has 0 fully saturated rings. The zero-order chi connectivity index (χ0) is 18.2. The van der Waals surface area contributed by atoms with Crippen molar-refractivity contribution in [2.45, 2.75) is 20.3 Å². The van der Waals surface area contributed by atoms with Gasteiger partial charge in [-0.15, -0.1) is 0 Å². The van der Waals surface area contributed by atoms with E-state index in [-0.39, 0.29) is 12.5 Å². The van der Waals surface area contributed by atoms with Gasteiger partial charge in [-0.2, -0.15) is 0 Å². The Labute approximate surface area is 149 Å². The predicted molar refractivity (Wildman–Crippen MR) is 101 cm³/mol. The number of rotatable bonds is 8. The van der Waals surface area contributed by atoms with Gasteiger partial charge >= 0.3 is 0 Å². The first kappa shape index (κ1) is 18.8. The number of methoxy groups -OCH3 is 2. The van der Waals surface area contributed by atoms with Crippen LogP contribution in [0, 0.1) is 13.8 Å². The molecule has 0 saturated carbocycles. The molecule has 2 aromatic carbocycles. The van der Waals surface area contributed by atoms with Crippen molar-refractivity contribution in [2.75, 3.05) is 32.6 Å². The molecule has 0 aromatic heterocycles. The standard InChI is InChI=1S/C20H26N2O3/c1-14-5-7-17(11-15(14)2)22-20(23)13-21-10-9-16-6-8-18(24-3)19(12-16)25-4/h5-8,11-12,21H,9-10,13H2,1-4H3,(H,22,23). The van der Waals surface area contributed by atoms with E-state index in [9.17, 15) is 4.79 Å². The van der Waals surface area contributed by atoms with Gasteiger partial charge in [0.25, 0.3) is 0 Å². The minimum atomic E-state index is -0.0458. The molecule has 0 bridgehead atoms. The molecule has 2 N–H and O–H groups in total. The van der Waals surface area contributed by atoms with E-state index in [0.29, 0.717) is 18.0 Å². The summed E-state index contributed by atoms with van der Waals surface area (Å²) in [5.41, 5.74) is 4.33. The van der Waals surface area contributed by atoms with Crippen LogP contribution in [-0.2, 0) is 11.2 Å². The zero-order valence-electron chi connectivity index (χ0n) is 15.3. The Morgan fingerprint density at radius 2 is 1.72 bits per heavy atom. The monoisotopic (exact) mass is 342 g/mol. The molecule has 134 valence electrons. The van der Waals surface area contributed by atoms with Crippen LogP contribution in [0.4, 0.5) is 5.69 Å². The largest absolute Gasteiger partial charge is 0.493 e. The first-order valence-corrected chi connectivity index (χ1v) is 8.32. The van der Waals surface area contributed by atoms with E-state index in [2.05, 4.69) is 17.6 Å². The van der Waals surface area contributed by atoms with Crippen molar-refractivity contribution in [1.29, 1.82) is 0 Å². The summed E-state index contributed by atoms with van der Waals surface area (Å²) in [5.74, 6) is 1.38. The van der Waals surface area contributed by atoms with Gasteiger partial charge in [-0.1, -0.05) is 12.1 Å². The van der Waals surface area contributed by atoms with Gasteiger partial charge in [0, 0.05) is 5.69 Å². The lowest BCUT2D eigenvalue weighted by Gasteiger charge is -2.10. The number of ether oxygens (including phenoxy) is 2. The molecule has 5 nitrogen and oxygen atoms in total. The molecule has 5 heteroatoms. The number of hydrogen-bond donors (Lipinski definition) is 2. The average Bonchev–Trinajstić information content (AvgIpc) is 2.61. The Bertz CT molecular complexity index is 729. The normalized spacial score (nSPS) is 10.4. The van der Waals surface area contributed by atoms with Gasteiger partial charge in [-0.05, 0) is 67.8 Å². The Morgan fingerprint density at radius 1 is 0.960 bits per heavy atom. The fourth-order valence-electron chi connectivity index (χ4n) is 2.50. The van der Waals surface area contributed by atoms with Crippen molar-refractivity contribution in [3.05, 3.63) is 53.1 Å². The second-order valence-electron chi connectivity index (χ2n) is 5.96. The van der Waals surface area contributed by atoms with Crippen LogP contribution in [0.1, 0.15) is 16.7 Å². The molecule has 2 aromatic rings. The molecule has 0 atom stereocenters. The Balaban J connectivity index is 1.77. The van der Waals surface area contributed by atoms with E-state index in [4.69, 9.17) is 9.47 Å². The number of benzene rings is 2. The topological polar surface area (TPSA) is 59.6 Å². The molecule has 0 aliphatic heterocycles. The Kier molecular flexibility index (Phi) is 6.83. The third-order valence-corrected chi connectivity index (χ3v) is 4.11. The number of carbonyl (C=O) groups is 1. The summed E-state index contributed by atoms with van der Waals surface area (Å²) in [6, 6.07) is 11.8. The van der Waals surface area contributed by atoms with E-state index >= 15 is 0 Å². The average molecular weight is 342 g/mol. The first-order valence-electron chi connectivity index (χ1n) is 8.32. The maximum atomic E-state index is 12.0. The smallest absolute Gasteiger partial charge is 0.238 e. The SMILES string of the molecule is COc1ccc(CCNCC(=O)Nc2ccc(C)c(C)c2)cc1OC. The summed E-state index contributed by atoms with van der Waals surface area (Å²) in [5, 5.41) is 6.07. The molecule has 0 aliphatic carbocycles. The van der Waals surface area contributed by atoms with Gasteiger partial charge in [0.2, 0.25) is 5.91 Å². The van der Waals surface area contributed by atoms with Crippen LogP contribution in [0.25, 0.3) is 0 Å². The molecule has 2 rings (SSSR count). The van der Waals surface area contributed by atoms with Gasteiger partial charge in [0.15, 0.2) is 11.5 Å². The van der Waals surface area contributed by atoms with Crippen LogP contribution in [0.5, 0.6) is 11.5 Å². The van der Waals surface area contributed by atoms with E-state index in [0.717, 1.165) is 17.7 Å². The highest BCUT2D eigenvalue weighted by molar-refractivity contribution is 5.92. The van der Waals surface area contributed by atoms with Gasteiger partial charge in [0.1, 0.15) is 0 Å². The molecule has 0 spiro atoms. The van der Waals surface area contributed by atoms with E-state index in [1.807, 2.05) is 43.3 Å². The molecule has 0 aliphatic rings. The van der Waals surface area contributed by atoms with Crippen LogP contribution in [0.2, 0.25) is 0 Å². The Morgan fingerprint density at radius 3 is 2.40 bits per heavy atom. The highest BCUT2D eigenvalue weighted by Crippen LogP contribution is 2.27. The summed E-state index contributed by atoms with van der Waals surface area (Å²) in [6.45, 7) is 5.07. The molecule has 0 unspecified atom stereocenters. The predicted octanol–water partition coefficient (Wildman–Crippen LogP) is 3.09. The van der Waals surface area contributed by atoms with Crippen molar-refractivity contribution >= 4 is 11.6 Å². The first-order chi connectivity index (χ1) is 12.0. The minimum Gasteiger partial charge on any atom is -0.493 e. The van der Waals surface area contributed by atoms with Crippen molar-refractivity contribution in [1.82, 2.24) is 5.32 Å². The fourth-order valence-corrected chi connectivity index (χ4v) is 2.50. The maximum absolute atomic E-state index is 12.0. The van der Waals surface area contributed by atoms with E-state index in [1.54, 1.807) is 14.2 Å². The third-order valence-electron chi connectivity index (χ3n) is 4.11. The van der Waals surface area contributed by atoms with E-state index in [1.165, 1.54) is 11.1 Å². The van der Waals surface area contributed by atoms with Crippen LogP contribution in [0.15, 0.2) is 36.4 Å². The molecule has 1 amide bonds. The number of hydrogen-bond acceptors (Lipinski definition) is 4. The summed E-state index contributed by atoms with van der Waals surface area (Å²) >= 11 is 0. The van der Waals surface area contributed by atoms with Crippen molar-refractivity contribution in [3.63, 3.8) is 0 Å². The number of nitrogens with one attached hydrogen (secondary N) is 2. The van der Waals surface area contributed by atoms with Gasteiger partial charge < -0.3 is 20.1 Å². The summed E-state index contributed by atoms with van der Waals surface area (Å²) in [6.07, 6.45) is 0.803. The number of carbonyl (C=O) groups excluding carboxylic acids is 1. The zero-order valence-corrected chi connectivity index (χ0v) is 15.3. The number of aryl methyl sites for hydroxylation is 2. The fraction of sp³-hybridized carbons (Fsp3) is 0.350. The quantitative estimate of drug-likeness (QED) is 0.724. The molecular weight excluding hydrogens is 316 g/mol. The van der Waals surface area contributed by atoms with Gasteiger partial charge in [-0.25, -0.2) is 0 Å². The van der Waals surface area contributed by atoms with Crippen LogP contribution < -0.4 is 20.1 Å². The minimum absolute atomic E-state index is 0.0458. The maximum Gasteiger partial charge on any atom is 0.238 e. The summed E-state index contributed by atoms with van der Waals surface area (Å²) < 4.78 is 10.5. The van der Waals surface area contributed by atoms with Crippen LogP contribution >= 0.6 is 0 Å². The van der Waals surface area contributed by atoms with Crippen molar-refractivity contribution in [2.24, 2.45) is 0 Å².